The fourth-order valence-corrected chi connectivity index (χ4v) is 3.14. The number of ether oxygens (including phenoxy) is 1. The number of pyridine rings is 1. The molecule has 0 radical (unpaired) electrons. The second-order valence-corrected chi connectivity index (χ2v) is 6.18. The van der Waals surface area contributed by atoms with Crippen molar-refractivity contribution in [3.8, 4) is 11.6 Å². The SMILES string of the molecule is NCc1cc2c(nc1Oc1cc(F)c(Cl)cc1Br)CCC2. The average Bonchev–Trinajstić information content (AvgIpc) is 2.91. The first-order chi connectivity index (χ1) is 10.1. The van der Waals surface area contributed by atoms with E-state index in [1.54, 1.807) is 0 Å². The molecule has 0 spiro atoms. The lowest BCUT2D eigenvalue weighted by Crippen LogP contribution is -2.04. The molecule has 1 aliphatic rings. The number of nitrogens with two attached hydrogens (primary N) is 1. The van der Waals surface area contributed by atoms with Gasteiger partial charge in [0.1, 0.15) is 11.6 Å². The van der Waals surface area contributed by atoms with Gasteiger partial charge in [-0.2, -0.15) is 0 Å². The van der Waals surface area contributed by atoms with Crippen LogP contribution < -0.4 is 10.5 Å². The van der Waals surface area contributed by atoms with Gasteiger partial charge < -0.3 is 10.5 Å². The van der Waals surface area contributed by atoms with Gasteiger partial charge in [-0.05, 0) is 52.9 Å². The number of hydrogen-bond donors (Lipinski definition) is 1. The Morgan fingerprint density at radius 2 is 2.14 bits per heavy atom. The minimum atomic E-state index is -0.537. The lowest BCUT2D eigenvalue weighted by atomic mass is 10.1. The average molecular weight is 372 g/mol. The molecule has 2 aromatic rings. The molecule has 0 amide bonds. The van der Waals surface area contributed by atoms with E-state index in [-0.39, 0.29) is 5.02 Å². The van der Waals surface area contributed by atoms with Crippen molar-refractivity contribution in [2.45, 2.75) is 25.8 Å². The van der Waals surface area contributed by atoms with Crippen molar-refractivity contribution in [3.05, 3.63) is 50.3 Å². The van der Waals surface area contributed by atoms with E-state index in [4.69, 9.17) is 22.1 Å². The van der Waals surface area contributed by atoms with Crippen LogP contribution in [0.25, 0.3) is 0 Å². The summed E-state index contributed by atoms with van der Waals surface area (Å²) in [4.78, 5) is 4.53. The Kier molecular flexibility index (Phi) is 4.15. The molecule has 0 saturated heterocycles. The van der Waals surface area contributed by atoms with Gasteiger partial charge in [0.2, 0.25) is 5.88 Å². The number of halogens is 3. The highest BCUT2D eigenvalue weighted by molar-refractivity contribution is 9.10. The van der Waals surface area contributed by atoms with E-state index in [0.29, 0.717) is 22.6 Å². The third kappa shape index (κ3) is 2.91. The lowest BCUT2D eigenvalue weighted by molar-refractivity contribution is 0.447. The van der Waals surface area contributed by atoms with Crippen molar-refractivity contribution in [1.82, 2.24) is 4.98 Å². The van der Waals surface area contributed by atoms with Gasteiger partial charge in [0, 0.05) is 23.9 Å². The number of nitrogens with zero attached hydrogens (tertiary/aromatic N) is 1. The first-order valence-electron chi connectivity index (χ1n) is 6.62. The van der Waals surface area contributed by atoms with Crippen LogP contribution in [0.3, 0.4) is 0 Å². The molecule has 0 aliphatic heterocycles. The molecule has 2 N–H and O–H groups in total. The second-order valence-electron chi connectivity index (χ2n) is 4.91. The summed E-state index contributed by atoms with van der Waals surface area (Å²) < 4.78 is 19.9. The predicted octanol–water partition coefficient (Wildman–Crippen LogP) is 4.38. The Balaban J connectivity index is 2.00. The van der Waals surface area contributed by atoms with Crippen LogP contribution in [0, 0.1) is 5.82 Å². The topological polar surface area (TPSA) is 48.1 Å². The van der Waals surface area contributed by atoms with Crippen molar-refractivity contribution in [3.63, 3.8) is 0 Å². The van der Waals surface area contributed by atoms with Crippen molar-refractivity contribution in [1.29, 1.82) is 0 Å². The molecule has 3 nitrogen and oxygen atoms in total. The molecular weight excluding hydrogens is 359 g/mol. The number of aromatic nitrogens is 1. The first kappa shape index (κ1) is 14.8. The fraction of sp³-hybridized carbons (Fsp3) is 0.267. The smallest absolute Gasteiger partial charge is 0.224 e. The van der Waals surface area contributed by atoms with Crippen molar-refractivity contribution < 1.29 is 9.13 Å². The van der Waals surface area contributed by atoms with Crippen LogP contribution in [0.4, 0.5) is 4.39 Å². The summed E-state index contributed by atoms with van der Waals surface area (Å²) in [6.07, 6.45) is 3.05. The van der Waals surface area contributed by atoms with E-state index in [0.717, 1.165) is 30.5 Å². The van der Waals surface area contributed by atoms with Crippen LogP contribution >= 0.6 is 27.5 Å². The zero-order valence-corrected chi connectivity index (χ0v) is 13.5. The molecule has 0 unspecified atom stereocenters. The van der Waals surface area contributed by atoms with Crippen LogP contribution in [0.15, 0.2) is 22.7 Å². The summed E-state index contributed by atoms with van der Waals surface area (Å²) in [6, 6.07) is 4.73. The predicted molar refractivity (Wildman–Crippen MR) is 83.3 cm³/mol. The van der Waals surface area contributed by atoms with E-state index >= 15 is 0 Å². The Morgan fingerprint density at radius 1 is 1.33 bits per heavy atom. The summed E-state index contributed by atoms with van der Waals surface area (Å²) in [5.41, 5.74) is 8.84. The normalized spacial score (nSPS) is 13.3. The molecule has 21 heavy (non-hydrogen) atoms. The summed E-state index contributed by atoms with van der Waals surface area (Å²) in [5, 5.41) is 0.0372. The van der Waals surface area contributed by atoms with Gasteiger partial charge in [0.25, 0.3) is 0 Å². The standard InChI is InChI=1S/C15H13BrClFN2O/c16-10-5-11(17)12(18)6-14(10)21-15-9(7-19)4-8-2-1-3-13(8)20-15/h4-6H,1-3,7,19H2. The highest BCUT2D eigenvalue weighted by Crippen LogP contribution is 2.35. The van der Waals surface area contributed by atoms with Crippen LogP contribution in [-0.4, -0.2) is 4.98 Å². The van der Waals surface area contributed by atoms with Gasteiger partial charge in [-0.15, -0.1) is 0 Å². The van der Waals surface area contributed by atoms with E-state index < -0.39 is 5.82 Å². The van der Waals surface area contributed by atoms with E-state index in [1.165, 1.54) is 17.7 Å². The Hall–Kier alpha value is -1.17. The molecular formula is C15H13BrClFN2O. The van der Waals surface area contributed by atoms with Gasteiger partial charge in [0.15, 0.2) is 0 Å². The third-order valence-electron chi connectivity index (χ3n) is 3.49. The minimum absolute atomic E-state index is 0.0372. The highest BCUT2D eigenvalue weighted by Gasteiger charge is 2.18. The maximum absolute atomic E-state index is 13.6. The zero-order chi connectivity index (χ0) is 15.0. The quantitative estimate of drug-likeness (QED) is 0.815. The molecule has 1 aliphatic carbocycles. The molecule has 1 aromatic carbocycles. The van der Waals surface area contributed by atoms with Crippen LogP contribution in [0.5, 0.6) is 11.6 Å². The van der Waals surface area contributed by atoms with Crippen molar-refractivity contribution in [2.75, 3.05) is 0 Å². The lowest BCUT2D eigenvalue weighted by Gasteiger charge is -2.13. The third-order valence-corrected chi connectivity index (χ3v) is 4.40. The van der Waals surface area contributed by atoms with Crippen LogP contribution in [0.1, 0.15) is 23.2 Å². The van der Waals surface area contributed by atoms with Gasteiger partial charge in [0.05, 0.1) is 9.50 Å². The van der Waals surface area contributed by atoms with Crippen LogP contribution in [-0.2, 0) is 19.4 Å². The van der Waals surface area contributed by atoms with Gasteiger partial charge in [-0.1, -0.05) is 11.6 Å². The van der Waals surface area contributed by atoms with E-state index in [9.17, 15) is 4.39 Å². The maximum atomic E-state index is 13.6. The molecule has 1 heterocycles. The molecule has 0 atom stereocenters. The van der Waals surface area contributed by atoms with Crippen LogP contribution in [0.2, 0.25) is 5.02 Å². The van der Waals surface area contributed by atoms with Gasteiger partial charge >= 0.3 is 0 Å². The number of rotatable bonds is 3. The largest absolute Gasteiger partial charge is 0.437 e. The Morgan fingerprint density at radius 3 is 2.90 bits per heavy atom. The monoisotopic (exact) mass is 370 g/mol. The van der Waals surface area contributed by atoms with Crippen molar-refractivity contribution >= 4 is 27.5 Å². The minimum Gasteiger partial charge on any atom is -0.437 e. The zero-order valence-electron chi connectivity index (χ0n) is 11.1. The Labute approximate surface area is 135 Å². The number of hydrogen-bond acceptors (Lipinski definition) is 3. The number of aryl methyl sites for hydroxylation is 2. The molecule has 110 valence electrons. The summed E-state index contributed by atoms with van der Waals surface area (Å²) >= 11 is 9.04. The molecule has 1 aromatic heterocycles. The molecule has 0 fully saturated rings. The summed E-state index contributed by atoms with van der Waals surface area (Å²) in [6.45, 7) is 0.323. The number of fused-ring (bicyclic) bond motifs is 1. The summed E-state index contributed by atoms with van der Waals surface area (Å²) in [7, 11) is 0. The second kappa shape index (κ2) is 5.91. The molecule has 0 saturated carbocycles. The molecule has 0 bridgehead atoms. The first-order valence-corrected chi connectivity index (χ1v) is 7.79. The highest BCUT2D eigenvalue weighted by atomic mass is 79.9. The number of benzene rings is 1. The van der Waals surface area contributed by atoms with Crippen molar-refractivity contribution in [2.24, 2.45) is 5.73 Å². The Bertz CT molecular complexity index is 709. The summed E-state index contributed by atoms with van der Waals surface area (Å²) in [5.74, 6) is 0.225. The maximum Gasteiger partial charge on any atom is 0.224 e. The van der Waals surface area contributed by atoms with Gasteiger partial charge in [-0.25, -0.2) is 9.37 Å². The van der Waals surface area contributed by atoms with E-state index in [2.05, 4.69) is 20.9 Å². The fourth-order valence-electron chi connectivity index (χ4n) is 2.42. The van der Waals surface area contributed by atoms with Gasteiger partial charge in [-0.3, -0.25) is 0 Å². The molecule has 3 rings (SSSR count). The van der Waals surface area contributed by atoms with E-state index in [1.807, 2.05) is 6.07 Å². The molecule has 6 heteroatoms.